The Hall–Kier alpha value is -0.240. The van der Waals surface area contributed by atoms with E-state index in [0.717, 1.165) is 0 Å². The van der Waals surface area contributed by atoms with E-state index in [9.17, 15) is 10.2 Å². The number of aliphatic hydroxyl groups excluding tert-OH is 3. The first kappa shape index (κ1) is 11.8. The Kier molecular flexibility index (Phi) is 4.24. The molecular formula is C8H16O6. The molecule has 1 heterocycles. The molecule has 6 nitrogen and oxygen atoms in total. The van der Waals surface area contributed by atoms with E-state index in [-0.39, 0.29) is 6.61 Å². The van der Waals surface area contributed by atoms with Gasteiger partial charge in [0.2, 0.25) is 0 Å². The first-order chi connectivity index (χ1) is 6.65. The Morgan fingerprint density at radius 3 is 2.14 bits per heavy atom. The van der Waals surface area contributed by atoms with E-state index in [1.54, 1.807) is 0 Å². The maximum Gasteiger partial charge on any atom is 0.184 e. The van der Waals surface area contributed by atoms with Crippen LogP contribution in [0.15, 0.2) is 0 Å². The third-order valence-electron chi connectivity index (χ3n) is 2.36. The molecule has 5 atom stereocenters. The minimum Gasteiger partial charge on any atom is -0.394 e. The summed E-state index contributed by atoms with van der Waals surface area (Å²) < 4.78 is 14.8. The number of rotatable bonds is 3. The van der Waals surface area contributed by atoms with Gasteiger partial charge in [-0.25, -0.2) is 0 Å². The Morgan fingerprint density at radius 2 is 1.71 bits per heavy atom. The van der Waals surface area contributed by atoms with Crippen LogP contribution in [-0.2, 0) is 14.2 Å². The van der Waals surface area contributed by atoms with Crippen molar-refractivity contribution in [2.75, 3.05) is 20.8 Å². The lowest BCUT2D eigenvalue weighted by atomic mass is 9.99. The van der Waals surface area contributed by atoms with Crippen molar-refractivity contribution in [3.8, 4) is 0 Å². The van der Waals surface area contributed by atoms with Crippen molar-refractivity contribution in [3.63, 3.8) is 0 Å². The Labute approximate surface area is 82.0 Å². The first-order valence-corrected chi connectivity index (χ1v) is 4.33. The molecule has 14 heavy (non-hydrogen) atoms. The van der Waals surface area contributed by atoms with E-state index in [1.807, 2.05) is 0 Å². The molecule has 0 aromatic heterocycles. The average molecular weight is 208 g/mol. The summed E-state index contributed by atoms with van der Waals surface area (Å²) in [6, 6.07) is 0. The highest BCUT2D eigenvalue weighted by molar-refractivity contribution is 4.90. The summed E-state index contributed by atoms with van der Waals surface area (Å²) in [6.07, 6.45) is -4.52. The summed E-state index contributed by atoms with van der Waals surface area (Å²) in [5, 5.41) is 27.9. The summed E-state index contributed by atoms with van der Waals surface area (Å²) >= 11 is 0. The van der Waals surface area contributed by atoms with Gasteiger partial charge in [0, 0.05) is 14.2 Å². The minimum atomic E-state index is -1.20. The topological polar surface area (TPSA) is 88.4 Å². The van der Waals surface area contributed by atoms with Crippen molar-refractivity contribution >= 4 is 0 Å². The van der Waals surface area contributed by atoms with Gasteiger partial charge in [0.15, 0.2) is 6.29 Å². The van der Waals surface area contributed by atoms with Crippen LogP contribution in [0.25, 0.3) is 0 Å². The fourth-order valence-electron chi connectivity index (χ4n) is 1.58. The second-order valence-corrected chi connectivity index (χ2v) is 3.14. The van der Waals surface area contributed by atoms with Crippen LogP contribution >= 0.6 is 0 Å². The van der Waals surface area contributed by atoms with Crippen LogP contribution in [0.1, 0.15) is 0 Å². The lowest BCUT2D eigenvalue weighted by Crippen LogP contribution is -2.59. The number of hydrogen-bond acceptors (Lipinski definition) is 6. The smallest absolute Gasteiger partial charge is 0.184 e. The van der Waals surface area contributed by atoms with Crippen molar-refractivity contribution < 1.29 is 29.5 Å². The van der Waals surface area contributed by atoms with Crippen molar-refractivity contribution in [3.05, 3.63) is 0 Å². The van der Waals surface area contributed by atoms with Crippen molar-refractivity contribution in [2.24, 2.45) is 0 Å². The highest BCUT2D eigenvalue weighted by atomic mass is 16.7. The molecule has 1 rings (SSSR count). The first-order valence-electron chi connectivity index (χ1n) is 4.33. The van der Waals surface area contributed by atoms with Gasteiger partial charge < -0.3 is 29.5 Å². The third kappa shape index (κ3) is 2.05. The van der Waals surface area contributed by atoms with E-state index in [0.29, 0.717) is 0 Å². The molecule has 3 N–H and O–H groups in total. The van der Waals surface area contributed by atoms with Crippen LogP contribution in [-0.4, -0.2) is 66.9 Å². The molecule has 0 aliphatic carbocycles. The van der Waals surface area contributed by atoms with Gasteiger partial charge in [-0.3, -0.25) is 0 Å². The SMILES string of the molecule is CO[C@@H]1[C@@H](O)[C@@H](CO)O[C@H](O)[C@@H]1OC. The number of hydrogen-bond donors (Lipinski definition) is 3. The molecule has 1 fully saturated rings. The number of ether oxygens (including phenoxy) is 3. The molecule has 0 radical (unpaired) electrons. The summed E-state index contributed by atoms with van der Waals surface area (Å²) in [5.41, 5.74) is 0. The Balaban J connectivity index is 2.73. The second-order valence-electron chi connectivity index (χ2n) is 3.14. The van der Waals surface area contributed by atoms with E-state index in [1.165, 1.54) is 14.2 Å². The summed E-state index contributed by atoms with van der Waals surface area (Å²) in [4.78, 5) is 0. The van der Waals surface area contributed by atoms with E-state index >= 15 is 0 Å². The molecule has 0 aromatic carbocycles. The van der Waals surface area contributed by atoms with Gasteiger partial charge in [0.05, 0.1) is 6.61 Å². The highest BCUT2D eigenvalue weighted by Gasteiger charge is 2.44. The molecule has 1 saturated heterocycles. The van der Waals surface area contributed by atoms with Crippen LogP contribution in [0.2, 0.25) is 0 Å². The molecule has 6 heteroatoms. The minimum absolute atomic E-state index is 0.380. The zero-order chi connectivity index (χ0) is 10.7. The van der Waals surface area contributed by atoms with Crippen LogP contribution in [0.3, 0.4) is 0 Å². The second kappa shape index (κ2) is 5.01. The van der Waals surface area contributed by atoms with Crippen molar-refractivity contribution in [2.45, 2.75) is 30.7 Å². The van der Waals surface area contributed by atoms with Crippen molar-refractivity contribution in [1.82, 2.24) is 0 Å². The molecule has 0 spiro atoms. The Morgan fingerprint density at radius 1 is 1.14 bits per heavy atom. The predicted molar refractivity (Wildman–Crippen MR) is 45.6 cm³/mol. The molecule has 1 aliphatic heterocycles. The molecule has 0 aromatic rings. The van der Waals surface area contributed by atoms with E-state index in [2.05, 4.69) is 0 Å². The largest absolute Gasteiger partial charge is 0.394 e. The summed E-state index contributed by atoms with van der Waals surface area (Å²) in [6.45, 7) is -0.380. The fourth-order valence-corrected chi connectivity index (χ4v) is 1.58. The fraction of sp³-hybridized carbons (Fsp3) is 1.00. The van der Waals surface area contributed by atoms with Crippen LogP contribution in [0, 0.1) is 0 Å². The zero-order valence-corrected chi connectivity index (χ0v) is 8.16. The maximum atomic E-state index is 9.65. The molecule has 1 aliphatic rings. The van der Waals surface area contributed by atoms with Gasteiger partial charge in [0.25, 0.3) is 0 Å². The van der Waals surface area contributed by atoms with Gasteiger partial charge in [0.1, 0.15) is 24.4 Å². The van der Waals surface area contributed by atoms with Gasteiger partial charge in [-0.1, -0.05) is 0 Å². The third-order valence-corrected chi connectivity index (χ3v) is 2.36. The van der Waals surface area contributed by atoms with Gasteiger partial charge in [-0.15, -0.1) is 0 Å². The summed E-state index contributed by atoms with van der Waals surface area (Å²) in [7, 11) is 2.78. The highest BCUT2D eigenvalue weighted by Crippen LogP contribution is 2.23. The monoisotopic (exact) mass is 208 g/mol. The lowest BCUT2D eigenvalue weighted by molar-refractivity contribution is -0.295. The zero-order valence-electron chi connectivity index (χ0n) is 8.16. The molecule has 0 amide bonds. The van der Waals surface area contributed by atoms with E-state index in [4.69, 9.17) is 19.3 Å². The predicted octanol–water partition coefficient (Wildman–Crippen LogP) is -1.91. The average Bonchev–Trinajstić information content (AvgIpc) is 2.20. The molecule has 0 bridgehead atoms. The van der Waals surface area contributed by atoms with E-state index < -0.39 is 30.7 Å². The molecule has 84 valence electrons. The van der Waals surface area contributed by atoms with Gasteiger partial charge >= 0.3 is 0 Å². The standard InChI is InChI=1S/C8H16O6/c1-12-6-5(10)4(3-9)14-8(11)7(6)13-2/h4-11H,3H2,1-2H3/t4-,5+,6-,7-,8+/m1/s1. The normalized spacial score (nSPS) is 43.9. The molecular weight excluding hydrogens is 192 g/mol. The van der Waals surface area contributed by atoms with Crippen LogP contribution in [0.4, 0.5) is 0 Å². The lowest BCUT2D eigenvalue weighted by Gasteiger charge is -2.40. The van der Waals surface area contributed by atoms with Crippen LogP contribution in [0.5, 0.6) is 0 Å². The van der Waals surface area contributed by atoms with Crippen molar-refractivity contribution in [1.29, 1.82) is 0 Å². The maximum absolute atomic E-state index is 9.65. The van der Waals surface area contributed by atoms with Gasteiger partial charge in [-0.2, -0.15) is 0 Å². The Bertz CT molecular complexity index is 175. The van der Waals surface area contributed by atoms with Gasteiger partial charge in [-0.05, 0) is 0 Å². The quantitative estimate of drug-likeness (QED) is 0.501. The van der Waals surface area contributed by atoms with Crippen LogP contribution < -0.4 is 0 Å². The number of aliphatic hydroxyl groups is 3. The number of methoxy groups -OCH3 is 2. The summed E-state index contributed by atoms with van der Waals surface area (Å²) in [5.74, 6) is 0. The molecule has 0 unspecified atom stereocenters. The molecule has 0 saturated carbocycles.